The van der Waals surface area contributed by atoms with Crippen LogP contribution in [0.2, 0.25) is 0 Å². The monoisotopic (exact) mass is 240 g/mol. The molecule has 5 heteroatoms. The highest BCUT2D eigenvalue weighted by molar-refractivity contribution is 5.86. The molecule has 0 aliphatic carbocycles. The van der Waals surface area contributed by atoms with Crippen molar-refractivity contribution >= 4 is 11.9 Å². The maximum absolute atomic E-state index is 11.9. The van der Waals surface area contributed by atoms with Gasteiger partial charge in [-0.2, -0.15) is 0 Å². The maximum atomic E-state index is 11.9. The molecule has 1 N–H and O–H groups in total. The van der Waals surface area contributed by atoms with E-state index in [1.807, 2.05) is 20.8 Å². The predicted molar refractivity (Wildman–Crippen MR) is 62.7 cm³/mol. The highest BCUT2D eigenvalue weighted by atomic mass is 16.6. The molecule has 0 radical (unpaired) electrons. The molecule has 0 aromatic rings. The molecule has 0 spiro atoms. The normalized spacial score (nSPS) is 29.1. The Bertz CT molecular complexity index is 335. The van der Waals surface area contributed by atoms with Crippen LogP contribution in [-0.4, -0.2) is 48.1 Å². The average molecular weight is 240 g/mol. The van der Waals surface area contributed by atoms with Crippen LogP contribution in [0.5, 0.6) is 0 Å². The van der Waals surface area contributed by atoms with Gasteiger partial charge >= 0.3 is 6.09 Å². The lowest BCUT2D eigenvalue weighted by atomic mass is 9.93. The summed E-state index contributed by atoms with van der Waals surface area (Å²) >= 11 is 0. The lowest BCUT2D eigenvalue weighted by Gasteiger charge is -2.35. The number of likely N-dealkylation sites (tertiary alicyclic amines) is 1. The molecule has 1 amide bonds. The van der Waals surface area contributed by atoms with Crippen molar-refractivity contribution in [2.24, 2.45) is 5.92 Å². The summed E-state index contributed by atoms with van der Waals surface area (Å²) in [6, 6.07) is 0.251. The molecule has 2 unspecified atom stereocenters. The molecule has 0 aromatic carbocycles. The lowest BCUT2D eigenvalue weighted by molar-refractivity contribution is -0.120. The van der Waals surface area contributed by atoms with Crippen LogP contribution in [0.25, 0.3) is 0 Å². The average Bonchev–Trinajstić information content (AvgIpc) is 2.57. The molecule has 2 aliphatic rings. The Labute approximate surface area is 101 Å². The highest BCUT2D eigenvalue weighted by Crippen LogP contribution is 2.23. The number of amides is 1. The third-order valence-corrected chi connectivity index (χ3v) is 3.22. The van der Waals surface area contributed by atoms with Crippen LogP contribution >= 0.6 is 0 Å². The summed E-state index contributed by atoms with van der Waals surface area (Å²) in [5.74, 6) is 0.166. The van der Waals surface area contributed by atoms with Crippen LogP contribution in [0.1, 0.15) is 27.2 Å². The zero-order chi connectivity index (χ0) is 12.6. The Kier molecular flexibility index (Phi) is 3.12. The molecule has 2 rings (SSSR count). The first-order chi connectivity index (χ1) is 7.87. The van der Waals surface area contributed by atoms with E-state index in [2.05, 4.69) is 5.32 Å². The van der Waals surface area contributed by atoms with Crippen molar-refractivity contribution in [2.75, 3.05) is 19.6 Å². The molecular weight excluding hydrogens is 220 g/mol. The summed E-state index contributed by atoms with van der Waals surface area (Å²) in [6.07, 6.45) is 0.519. The minimum Gasteiger partial charge on any atom is -0.444 e. The summed E-state index contributed by atoms with van der Waals surface area (Å²) < 4.78 is 5.32. The van der Waals surface area contributed by atoms with Crippen LogP contribution in [0.3, 0.4) is 0 Å². The van der Waals surface area contributed by atoms with E-state index in [9.17, 15) is 9.59 Å². The van der Waals surface area contributed by atoms with Gasteiger partial charge in [-0.1, -0.05) is 0 Å². The second-order valence-corrected chi connectivity index (χ2v) is 5.78. The number of nitrogens with zero attached hydrogens (tertiary/aromatic N) is 1. The smallest absolute Gasteiger partial charge is 0.410 e. The van der Waals surface area contributed by atoms with E-state index in [-0.39, 0.29) is 23.8 Å². The number of carbonyl (C=O) groups is 2. The molecule has 2 aliphatic heterocycles. The third-order valence-electron chi connectivity index (χ3n) is 3.22. The van der Waals surface area contributed by atoms with Gasteiger partial charge in [0.1, 0.15) is 5.60 Å². The van der Waals surface area contributed by atoms with Crippen molar-refractivity contribution in [3.63, 3.8) is 0 Å². The van der Waals surface area contributed by atoms with Crippen molar-refractivity contribution in [3.8, 4) is 0 Å². The van der Waals surface area contributed by atoms with E-state index in [0.29, 0.717) is 19.6 Å². The fourth-order valence-corrected chi connectivity index (χ4v) is 2.38. The van der Waals surface area contributed by atoms with Gasteiger partial charge in [-0.25, -0.2) is 4.79 Å². The fourth-order valence-electron chi connectivity index (χ4n) is 2.38. The topological polar surface area (TPSA) is 58.6 Å². The van der Waals surface area contributed by atoms with Crippen LogP contribution in [-0.2, 0) is 9.53 Å². The van der Waals surface area contributed by atoms with Gasteiger partial charge in [-0.15, -0.1) is 0 Å². The summed E-state index contributed by atoms with van der Waals surface area (Å²) in [6.45, 7) is 7.14. The number of piperidine rings is 1. The van der Waals surface area contributed by atoms with Crippen molar-refractivity contribution in [2.45, 2.75) is 38.8 Å². The van der Waals surface area contributed by atoms with E-state index in [1.54, 1.807) is 4.90 Å². The van der Waals surface area contributed by atoms with Crippen LogP contribution in [0, 0.1) is 5.92 Å². The highest BCUT2D eigenvalue weighted by Gasteiger charge is 2.40. The van der Waals surface area contributed by atoms with Gasteiger partial charge in [-0.05, 0) is 27.2 Å². The van der Waals surface area contributed by atoms with E-state index >= 15 is 0 Å². The van der Waals surface area contributed by atoms with Gasteiger partial charge in [0.05, 0.1) is 12.5 Å². The van der Waals surface area contributed by atoms with Gasteiger partial charge in [0.2, 0.25) is 0 Å². The van der Waals surface area contributed by atoms with Crippen LogP contribution in [0.4, 0.5) is 4.79 Å². The Morgan fingerprint density at radius 3 is 2.82 bits per heavy atom. The number of Topliss-reactive ketones (excluding diaryl/α,β-unsaturated/α-hetero) is 1. The number of rotatable bonds is 0. The minimum absolute atomic E-state index is 0.0451. The summed E-state index contributed by atoms with van der Waals surface area (Å²) in [5.41, 5.74) is -0.480. The van der Waals surface area contributed by atoms with Gasteiger partial charge < -0.3 is 15.0 Å². The Morgan fingerprint density at radius 1 is 1.47 bits per heavy atom. The standard InChI is InChI=1S/C12H20N2O3/c1-12(2,3)17-11(16)14-5-4-9-8(7-14)10(15)6-13-9/h8-9,13H,4-7H2,1-3H3. The van der Waals surface area contributed by atoms with E-state index in [4.69, 9.17) is 4.74 Å². The molecular formula is C12H20N2O3. The largest absolute Gasteiger partial charge is 0.444 e. The number of ether oxygens (including phenoxy) is 1. The molecule has 17 heavy (non-hydrogen) atoms. The zero-order valence-corrected chi connectivity index (χ0v) is 10.7. The van der Waals surface area contributed by atoms with Crippen LogP contribution < -0.4 is 5.32 Å². The van der Waals surface area contributed by atoms with Crippen molar-refractivity contribution in [1.82, 2.24) is 10.2 Å². The van der Waals surface area contributed by atoms with Gasteiger partial charge in [0.15, 0.2) is 5.78 Å². The van der Waals surface area contributed by atoms with E-state index in [1.165, 1.54) is 0 Å². The van der Waals surface area contributed by atoms with Crippen LogP contribution in [0.15, 0.2) is 0 Å². The molecule has 96 valence electrons. The van der Waals surface area contributed by atoms with Crippen molar-refractivity contribution in [1.29, 1.82) is 0 Å². The first-order valence-corrected chi connectivity index (χ1v) is 6.11. The second kappa shape index (κ2) is 4.29. The predicted octanol–water partition coefficient (Wildman–Crippen LogP) is 0.784. The molecule has 0 bridgehead atoms. The Balaban J connectivity index is 1.95. The molecule has 2 saturated heterocycles. The van der Waals surface area contributed by atoms with Gasteiger partial charge in [-0.3, -0.25) is 4.79 Å². The number of nitrogens with one attached hydrogen (secondary N) is 1. The molecule has 0 aromatic heterocycles. The first kappa shape index (κ1) is 12.4. The number of ketones is 1. The first-order valence-electron chi connectivity index (χ1n) is 6.11. The summed E-state index contributed by atoms with van der Waals surface area (Å²) in [4.78, 5) is 25.2. The van der Waals surface area contributed by atoms with Gasteiger partial charge in [0.25, 0.3) is 0 Å². The Morgan fingerprint density at radius 2 is 2.18 bits per heavy atom. The molecule has 2 atom stereocenters. The SMILES string of the molecule is CC(C)(C)OC(=O)N1CCC2NCC(=O)C2C1. The lowest BCUT2D eigenvalue weighted by Crippen LogP contribution is -2.49. The number of fused-ring (bicyclic) bond motifs is 1. The minimum atomic E-state index is -0.480. The third kappa shape index (κ3) is 2.77. The van der Waals surface area contributed by atoms with E-state index in [0.717, 1.165) is 6.42 Å². The molecule has 2 heterocycles. The summed E-state index contributed by atoms with van der Waals surface area (Å²) in [5, 5.41) is 3.19. The second-order valence-electron chi connectivity index (χ2n) is 5.78. The number of carbonyl (C=O) groups excluding carboxylic acids is 2. The quantitative estimate of drug-likeness (QED) is 0.680. The molecule has 5 nitrogen and oxygen atoms in total. The van der Waals surface area contributed by atoms with Crippen molar-refractivity contribution < 1.29 is 14.3 Å². The molecule has 0 saturated carbocycles. The van der Waals surface area contributed by atoms with E-state index < -0.39 is 5.60 Å². The zero-order valence-electron chi connectivity index (χ0n) is 10.7. The van der Waals surface area contributed by atoms with Gasteiger partial charge in [0, 0.05) is 19.1 Å². The fraction of sp³-hybridized carbons (Fsp3) is 0.833. The number of hydrogen-bond donors (Lipinski definition) is 1. The Hall–Kier alpha value is -1.10. The molecule has 2 fully saturated rings. The van der Waals surface area contributed by atoms with Crippen molar-refractivity contribution in [3.05, 3.63) is 0 Å². The number of hydrogen-bond acceptors (Lipinski definition) is 4. The summed E-state index contributed by atoms with van der Waals surface area (Å²) in [7, 11) is 0. The maximum Gasteiger partial charge on any atom is 0.410 e.